The summed E-state index contributed by atoms with van der Waals surface area (Å²) in [5, 5.41) is 3.31. The molecular formula is C16H24N2O2S. The Hall–Kier alpha value is -0.910. The van der Waals surface area contributed by atoms with E-state index in [0.29, 0.717) is 23.9 Å². The summed E-state index contributed by atoms with van der Waals surface area (Å²) < 4.78 is 27.8. The highest BCUT2D eigenvalue weighted by molar-refractivity contribution is 7.89. The van der Waals surface area contributed by atoms with Gasteiger partial charge in [0, 0.05) is 19.6 Å². The van der Waals surface area contributed by atoms with Crippen LogP contribution in [0.2, 0.25) is 0 Å². The fourth-order valence-electron chi connectivity index (χ4n) is 3.35. The fourth-order valence-corrected chi connectivity index (χ4v) is 5.14. The summed E-state index contributed by atoms with van der Waals surface area (Å²) in [6.07, 6.45) is 3.87. The summed E-state index contributed by atoms with van der Waals surface area (Å²) >= 11 is 0. The number of sulfonamides is 1. The Kier molecular flexibility index (Phi) is 4.33. The van der Waals surface area contributed by atoms with Crippen molar-refractivity contribution in [3.8, 4) is 0 Å². The molecule has 3 rings (SSSR count). The number of nitrogens with zero attached hydrogens (tertiary/aromatic N) is 1. The first-order chi connectivity index (χ1) is 10.1. The topological polar surface area (TPSA) is 49.4 Å². The van der Waals surface area contributed by atoms with E-state index < -0.39 is 10.0 Å². The minimum absolute atomic E-state index is 0.538. The normalized spacial score (nSPS) is 24.3. The lowest BCUT2D eigenvalue weighted by Gasteiger charge is -2.25. The van der Waals surface area contributed by atoms with Crippen LogP contribution in [-0.4, -0.2) is 32.4 Å². The average molecular weight is 308 g/mol. The van der Waals surface area contributed by atoms with Crippen molar-refractivity contribution in [1.29, 1.82) is 0 Å². The lowest BCUT2D eigenvalue weighted by molar-refractivity contribution is 0.416. The van der Waals surface area contributed by atoms with E-state index in [0.717, 1.165) is 49.9 Å². The second kappa shape index (κ2) is 6.07. The molecule has 2 aliphatic heterocycles. The molecule has 1 aromatic rings. The second-order valence-corrected chi connectivity index (χ2v) is 8.17. The molecule has 1 unspecified atom stereocenters. The molecule has 5 heteroatoms. The van der Waals surface area contributed by atoms with Crippen LogP contribution in [-0.2, 0) is 23.0 Å². The molecule has 0 aromatic heterocycles. The Bertz CT molecular complexity index is 613. The molecule has 0 aliphatic carbocycles. The third-order valence-corrected chi connectivity index (χ3v) is 6.67. The lowest BCUT2D eigenvalue weighted by Crippen LogP contribution is -2.34. The SMILES string of the molecule is CC1CCCN(S(=O)(=O)c2cccc3c2CCNC3)CC1. The molecule has 116 valence electrons. The number of hydrogen-bond acceptors (Lipinski definition) is 3. The molecule has 4 nitrogen and oxygen atoms in total. The highest BCUT2D eigenvalue weighted by atomic mass is 32.2. The molecule has 0 saturated carbocycles. The molecule has 2 aliphatic rings. The number of rotatable bonds is 2. The zero-order valence-electron chi connectivity index (χ0n) is 12.6. The molecule has 2 heterocycles. The van der Waals surface area contributed by atoms with Crippen LogP contribution in [0.15, 0.2) is 23.1 Å². The highest BCUT2D eigenvalue weighted by Crippen LogP contribution is 2.28. The van der Waals surface area contributed by atoms with E-state index >= 15 is 0 Å². The van der Waals surface area contributed by atoms with Crippen molar-refractivity contribution in [2.75, 3.05) is 19.6 Å². The molecule has 0 amide bonds. The quantitative estimate of drug-likeness (QED) is 0.910. The first-order valence-corrected chi connectivity index (χ1v) is 9.34. The van der Waals surface area contributed by atoms with E-state index in [1.54, 1.807) is 10.4 Å². The third-order valence-electron chi connectivity index (χ3n) is 4.69. The molecule has 0 radical (unpaired) electrons. The van der Waals surface area contributed by atoms with Gasteiger partial charge in [0.05, 0.1) is 4.90 Å². The molecular weight excluding hydrogens is 284 g/mol. The van der Waals surface area contributed by atoms with Gasteiger partial charge in [-0.05, 0) is 55.3 Å². The van der Waals surface area contributed by atoms with Gasteiger partial charge in [-0.15, -0.1) is 0 Å². The third kappa shape index (κ3) is 3.00. The number of fused-ring (bicyclic) bond motifs is 1. The number of hydrogen-bond donors (Lipinski definition) is 1. The summed E-state index contributed by atoms with van der Waals surface area (Å²) in [6, 6.07) is 5.69. The highest BCUT2D eigenvalue weighted by Gasteiger charge is 2.29. The van der Waals surface area contributed by atoms with Crippen molar-refractivity contribution in [2.45, 2.75) is 44.0 Å². The molecule has 1 fully saturated rings. The van der Waals surface area contributed by atoms with Crippen molar-refractivity contribution in [3.05, 3.63) is 29.3 Å². The van der Waals surface area contributed by atoms with Crippen LogP contribution < -0.4 is 5.32 Å². The number of nitrogens with one attached hydrogen (secondary N) is 1. The van der Waals surface area contributed by atoms with Crippen molar-refractivity contribution < 1.29 is 8.42 Å². The average Bonchev–Trinajstić information content (AvgIpc) is 2.72. The van der Waals surface area contributed by atoms with Gasteiger partial charge in [-0.1, -0.05) is 19.1 Å². The minimum atomic E-state index is -3.34. The largest absolute Gasteiger partial charge is 0.312 e. The van der Waals surface area contributed by atoms with E-state index in [1.165, 1.54) is 0 Å². The first-order valence-electron chi connectivity index (χ1n) is 7.90. The lowest BCUT2D eigenvalue weighted by atomic mass is 10.0. The standard InChI is InChI=1S/C16H24N2O2S/c1-13-4-3-10-18(11-8-13)21(19,20)16-6-2-5-14-12-17-9-7-15(14)16/h2,5-6,13,17H,3-4,7-12H2,1H3. The Balaban J connectivity index is 1.95. The van der Waals surface area contributed by atoms with Gasteiger partial charge in [0.25, 0.3) is 0 Å². The maximum Gasteiger partial charge on any atom is 0.243 e. The Morgan fingerprint density at radius 1 is 1.24 bits per heavy atom. The summed E-state index contributed by atoms with van der Waals surface area (Å²) in [7, 11) is -3.34. The number of benzene rings is 1. The van der Waals surface area contributed by atoms with Crippen molar-refractivity contribution in [1.82, 2.24) is 9.62 Å². The Labute approximate surface area is 127 Å². The van der Waals surface area contributed by atoms with E-state index in [-0.39, 0.29) is 0 Å². The van der Waals surface area contributed by atoms with E-state index in [9.17, 15) is 8.42 Å². The van der Waals surface area contributed by atoms with Crippen LogP contribution in [0.3, 0.4) is 0 Å². The first kappa shape index (κ1) is 15.0. The molecule has 0 spiro atoms. The zero-order valence-corrected chi connectivity index (χ0v) is 13.5. The van der Waals surface area contributed by atoms with Gasteiger partial charge in [-0.3, -0.25) is 0 Å². The van der Waals surface area contributed by atoms with Gasteiger partial charge in [-0.25, -0.2) is 8.42 Å². The molecule has 1 saturated heterocycles. The van der Waals surface area contributed by atoms with Gasteiger partial charge in [-0.2, -0.15) is 4.31 Å². The van der Waals surface area contributed by atoms with Gasteiger partial charge in [0.2, 0.25) is 10.0 Å². The fraction of sp³-hybridized carbons (Fsp3) is 0.625. The van der Waals surface area contributed by atoms with Gasteiger partial charge in [0.1, 0.15) is 0 Å². The monoisotopic (exact) mass is 308 g/mol. The molecule has 21 heavy (non-hydrogen) atoms. The second-order valence-electron chi connectivity index (χ2n) is 6.26. The van der Waals surface area contributed by atoms with Gasteiger partial charge in [0.15, 0.2) is 0 Å². The van der Waals surface area contributed by atoms with Crippen LogP contribution in [0.4, 0.5) is 0 Å². The van der Waals surface area contributed by atoms with E-state index in [4.69, 9.17) is 0 Å². The molecule has 1 N–H and O–H groups in total. The smallest absolute Gasteiger partial charge is 0.243 e. The van der Waals surface area contributed by atoms with E-state index in [2.05, 4.69) is 12.2 Å². The van der Waals surface area contributed by atoms with Crippen molar-refractivity contribution in [2.24, 2.45) is 5.92 Å². The van der Waals surface area contributed by atoms with Crippen LogP contribution in [0.5, 0.6) is 0 Å². The van der Waals surface area contributed by atoms with Gasteiger partial charge < -0.3 is 5.32 Å². The van der Waals surface area contributed by atoms with Crippen LogP contribution in [0.1, 0.15) is 37.3 Å². The van der Waals surface area contributed by atoms with Crippen molar-refractivity contribution >= 4 is 10.0 Å². The van der Waals surface area contributed by atoms with Crippen LogP contribution in [0.25, 0.3) is 0 Å². The Morgan fingerprint density at radius 3 is 2.95 bits per heavy atom. The molecule has 0 bridgehead atoms. The predicted octanol–water partition coefficient (Wildman–Crippen LogP) is 2.14. The summed E-state index contributed by atoms with van der Waals surface area (Å²) in [5.74, 6) is 0.624. The molecule has 1 atom stereocenters. The van der Waals surface area contributed by atoms with Crippen LogP contribution in [0, 0.1) is 5.92 Å². The van der Waals surface area contributed by atoms with Crippen molar-refractivity contribution in [3.63, 3.8) is 0 Å². The van der Waals surface area contributed by atoms with Gasteiger partial charge >= 0.3 is 0 Å². The van der Waals surface area contributed by atoms with E-state index in [1.807, 2.05) is 12.1 Å². The molecule has 1 aromatic carbocycles. The summed E-state index contributed by atoms with van der Waals surface area (Å²) in [6.45, 7) is 5.17. The summed E-state index contributed by atoms with van der Waals surface area (Å²) in [5.41, 5.74) is 2.15. The maximum atomic E-state index is 13.0. The van der Waals surface area contributed by atoms with Crippen LogP contribution >= 0.6 is 0 Å². The minimum Gasteiger partial charge on any atom is -0.312 e. The predicted molar refractivity (Wildman–Crippen MR) is 83.6 cm³/mol. The summed E-state index contributed by atoms with van der Waals surface area (Å²) in [4.78, 5) is 0.538. The Morgan fingerprint density at radius 2 is 2.10 bits per heavy atom. The maximum absolute atomic E-state index is 13.0. The zero-order chi connectivity index (χ0) is 14.9.